The molecule has 0 atom stereocenters. The zero-order valence-corrected chi connectivity index (χ0v) is 17.6. The second kappa shape index (κ2) is 9.63. The molecule has 0 spiro atoms. The molecule has 136 valence electrons. The fourth-order valence-electron chi connectivity index (χ4n) is 2.40. The minimum Gasteiger partial charge on any atom is -0.339 e. The predicted octanol–water partition coefficient (Wildman–Crippen LogP) is 3.90. The van der Waals surface area contributed by atoms with E-state index in [4.69, 9.17) is 12.2 Å². The van der Waals surface area contributed by atoms with Crippen LogP contribution >= 0.6 is 34.8 Å². The highest BCUT2D eigenvalue weighted by Crippen LogP contribution is 2.14. The first-order valence-electron chi connectivity index (χ1n) is 8.22. The molecule has 2 amide bonds. The summed E-state index contributed by atoms with van der Waals surface area (Å²) in [5.41, 5.74) is 1.78. The molecular formula is C19H20IN3O2S. The Balaban J connectivity index is 2.05. The van der Waals surface area contributed by atoms with Gasteiger partial charge in [-0.05, 0) is 79.0 Å². The highest BCUT2D eigenvalue weighted by molar-refractivity contribution is 14.1. The van der Waals surface area contributed by atoms with Crippen molar-refractivity contribution in [2.24, 2.45) is 0 Å². The number of carbonyl (C=O) groups is 2. The highest BCUT2D eigenvalue weighted by atomic mass is 127. The predicted molar refractivity (Wildman–Crippen MR) is 117 cm³/mol. The Morgan fingerprint density at radius 3 is 2.42 bits per heavy atom. The Kier molecular flexibility index (Phi) is 7.52. The van der Waals surface area contributed by atoms with Crippen molar-refractivity contribution in [3.05, 3.63) is 63.2 Å². The third-order valence-corrected chi connectivity index (χ3v) is 4.91. The van der Waals surface area contributed by atoms with E-state index in [0.29, 0.717) is 29.9 Å². The van der Waals surface area contributed by atoms with Gasteiger partial charge in [0.15, 0.2) is 5.11 Å². The van der Waals surface area contributed by atoms with Gasteiger partial charge in [-0.25, -0.2) is 0 Å². The van der Waals surface area contributed by atoms with Crippen LogP contribution in [-0.4, -0.2) is 34.9 Å². The lowest BCUT2D eigenvalue weighted by Gasteiger charge is -2.19. The van der Waals surface area contributed by atoms with Crippen molar-refractivity contribution < 1.29 is 9.59 Å². The van der Waals surface area contributed by atoms with E-state index in [1.54, 1.807) is 41.3 Å². The van der Waals surface area contributed by atoms with Gasteiger partial charge >= 0.3 is 0 Å². The Morgan fingerprint density at radius 1 is 1.08 bits per heavy atom. The summed E-state index contributed by atoms with van der Waals surface area (Å²) >= 11 is 7.32. The topological polar surface area (TPSA) is 61.4 Å². The fourth-order valence-corrected chi connectivity index (χ4v) is 3.24. The number of hydrogen-bond acceptors (Lipinski definition) is 3. The van der Waals surface area contributed by atoms with Gasteiger partial charge in [-0.3, -0.25) is 14.9 Å². The van der Waals surface area contributed by atoms with Crippen LogP contribution in [0.4, 0.5) is 5.69 Å². The molecule has 2 aromatic rings. The Bertz CT molecular complexity index is 822. The molecule has 0 bridgehead atoms. The summed E-state index contributed by atoms with van der Waals surface area (Å²) in [6, 6.07) is 14.3. The van der Waals surface area contributed by atoms with Crippen LogP contribution in [0, 0.1) is 3.57 Å². The minimum atomic E-state index is -0.275. The average Bonchev–Trinajstić information content (AvgIpc) is 2.63. The molecule has 26 heavy (non-hydrogen) atoms. The average molecular weight is 481 g/mol. The molecule has 0 aliphatic rings. The number of halogens is 1. The maximum atomic E-state index is 12.4. The molecule has 0 radical (unpaired) electrons. The van der Waals surface area contributed by atoms with Gasteiger partial charge in [0.05, 0.1) is 5.56 Å². The van der Waals surface area contributed by atoms with Crippen LogP contribution in [0.5, 0.6) is 0 Å². The van der Waals surface area contributed by atoms with E-state index >= 15 is 0 Å². The second-order valence-corrected chi connectivity index (χ2v) is 7.02. The number of carbonyl (C=O) groups excluding carboxylic acids is 2. The molecule has 5 nitrogen and oxygen atoms in total. The van der Waals surface area contributed by atoms with Gasteiger partial charge in [0.1, 0.15) is 0 Å². The molecule has 2 N–H and O–H groups in total. The standard InChI is InChI=1S/C19H20IN3O2S/c1-3-23(4-2)18(25)13-8-7-9-14(12-13)21-19(26)22-17(24)15-10-5-6-11-16(15)20/h5-12H,3-4H2,1-2H3,(H2,21,22,24,26). The van der Waals surface area contributed by atoms with Crippen molar-refractivity contribution >= 4 is 57.4 Å². The number of nitrogens with zero attached hydrogens (tertiary/aromatic N) is 1. The number of hydrogen-bond donors (Lipinski definition) is 2. The molecule has 2 aromatic carbocycles. The van der Waals surface area contributed by atoms with Crippen molar-refractivity contribution in [1.82, 2.24) is 10.2 Å². The van der Waals surface area contributed by atoms with E-state index in [9.17, 15) is 9.59 Å². The van der Waals surface area contributed by atoms with Crippen molar-refractivity contribution in [3.8, 4) is 0 Å². The number of benzene rings is 2. The van der Waals surface area contributed by atoms with Gasteiger partial charge in [-0.15, -0.1) is 0 Å². The minimum absolute atomic E-state index is 0.0348. The lowest BCUT2D eigenvalue weighted by Crippen LogP contribution is -2.34. The first-order chi connectivity index (χ1) is 12.5. The Labute approximate surface area is 172 Å². The molecule has 0 saturated carbocycles. The van der Waals surface area contributed by atoms with E-state index in [0.717, 1.165) is 3.57 Å². The zero-order chi connectivity index (χ0) is 19.1. The van der Waals surface area contributed by atoms with E-state index in [1.807, 2.05) is 26.0 Å². The van der Waals surface area contributed by atoms with Crippen molar-refractivity contribution in [2.75, 3.05) is 18.4 Å². The summed E-state index contributed by atoms with van der Waals surface area (Å²) in [5, 5.41) is 5.80. The lowest BCUT2D eigenvalue weighted by molar-refractivity contribution is 0.0772. The summed E-state index contributed by atoms with van der Waals surface area (Å²) < 4.78 is 0.845. The van der Waals surface area contributed by atoms with Crippen LogP contribution in [0.2, 0.25) is 0 Å². The molecule has 0 unspecified atom stereocenters. The molecule has 0 aliphatic heterocycles. The Hall–Kier alpha value is -2.00. The number of rotatable bonds is 5. The number of nitrogens with one attached hydrogen (secondary N) is 2. The van der Waals surface area contributed by atoms with Gasteiger partial charge in [-0.1, -0.05) is 18.2 Å². The van der Waals surface area contributed by atoms with Crippen LogP contribution < -0.4 is 10.6 Å². The normalized spacial score (nSPS) is 10.1. The van der Waals surface area contributed by atoms with E-state index in [1.165, 1.54) is 0 Å². The summed E-state index contributed by atoms with van der Waals surface area (Å²) in [5.74, 6) is -0.310. The van der Waals surface area contributed by atoms with Gasteiger partial charge in [-0.2, -0.15) is 0 Å². The first-order valence-corrected chi connectivity index (χ1v) is 9.71. The number of thiocarbonyl (C=S) groups is 1. The Morgan fingerprint density at radius 2 is 1.77 bits per heavy atom. The van der Waals surface area contributed by atoms with E-state index in [2.05, 4.69) is 33.2 Å². The zero-order valence-electron chi connectivity index (χ0n) is 14.6. The van der Waals surface area contributed by atoms with E-state index < -0.39 is 0 Å². The van der Waals surface area contributed by atoms with Crippen LogP contribution in [-0.2, 0) is 0 Å². The molecular weight excluding hydrogens is 461 g/mol. The number of amides is 2. The largest absolute Gasteiger partial charge is 0.339 e. The fraction of sp³-hybridized carbons (Fsp3) is 0.211. The summed E-state index contributed by atoms with van der Waals surface area (Å²) in [4.78, 5) is 26.5. The SMILES string of the molecule is CCN(CC)C(=O)c1cccc(NC(=S)NC(=O)c2ccccc2I)c1. The van der Waals surface area contributed by atoms with Gasteiger partial charge in [0, 0.05) is 27.9 Å². The van der Waals surface area contributed by atoms with Gasteiger partial charge in [0.2, 0.25) is 0 Å². The van der Waals surface area contributed by atoms with Crippen LogP contribution in [0.3, 0.4) is 0 Å². The van der Waals surface area contributed by atoms with Gasteiger partial charge < -0.3 is 10.2 Å². The highest BCUT2D eigenvalue weighted by Gasteiger charge is 2.14. The van der Waals surface area contributed by atoms with Crippen molar-refractivity contribution in [1.29, 1.82) is 0 Å². The lowest BCUT2D eigenvalue weighted by atomic mass is 10.1. The third-order valence-electron chi connectivity index (χ3n) is 3.76. The second-order valence-electron chi connectivity index (χ2n) is 5.45. The molecule has 0 saturated heterocycles. The molecule has 0 heterocycles. The quantitative estimate of drug-likeness (QED) is 0.503. The third kappa shape index (κ3) is 5.25. The maximum absolute atomic E-state index is 12.4. The molecule has 0 fully saturated rings. The van der Waals surface area contributed by atoms with Crippen LogP contribution in [0.15, 0.2) is 48.5 Å². The van der Waals surface area contributed by atoms with Crippen LogP contribution in [0.1, 0.15) is 34.6 Å². The summed E-state index contributed by atoms with van der Waals surface area (Å²) in [6.45, 7) is 5.19. The smallest absolute Gasteiger partial charge is 0.258 e. The van der Waals surface area contributed by atoms with E-state index in [-0.39, 0.29) is 16.9 Å². The molecule has 7 heteroatoms. The van der Waals surface area contributed by atoms with Crippen molar-refractivity contribution in [2.45, 2.75) is 13.8 Å². The first kappa shape index (κ1) is 20.3. The molecule has 0 aromatic heterocycles. The van der Waals surface area contributed by atoms with Gasteiger partial charge in [0.25, 0.3) is 11.8 Å². The summed E-state index contributed by atoms with van der Waals surface area (Å²) in [6.07, 6.45) is 0. The maximum Gasteiger partial charge on any atom is 0.258 e. The number of anilines is 1. The molecule has 0 aliphatic carbocycles. The van der Waals surface area contributed by atoms with Crippen molar-refractivity contribution in [3.63, 3.8) is 0 Å². The van der Waals surface area contributed by atoms with Crippen LogP contribution in [0.25, 0.3) is 0 Å². The molecule has 2 rings (SSSR count). The monoisotopic (exact) mass is 481 g/mol. The summed E-state index contributed by atoms with van der Waals surface area (Å²) in [7, 11) is 0.